The summed E-state index contributed by atoms with van der Waals surface area (Å²) in [6, 6.07) is 0. The van der Waals surface area contributed by atoms with Crippen molar-refractivity contribution < 1.29 is 31.5 Å². The van der Waals surface area contributed by atoms with Crippen LogP contribution in [0.3, 0.4) is 0 Å². The number of rotatable bonds is 10. The van der Waals surface area contributed by atoms with Gasteiger partial charge in [0.05, 0.1) is 6.61 Å². The van der Waals surface area contributed by atoms with Crippen LogP contribution in [0.2, 0.25) is 0 Å². The average molecular weight is 364 g/mol. The number of hydrogen-bond acceptors (Lipinski definition) is 3. The summed E-state index contributed by atoms with van der Waals surface area (Å²) in [5, 5.41) is 0. The number of halogens is 5. The maximum atomic E-state index is 12.8. The highest BCUT2D eigenvalue weighted by atomic mass is 32.2. The largest absolute Gasteiger partial charge is 0.464 e. The molecule has 2 nitrogen and oxygen atoms in total. The highest BCUT2D eigenvalue weighted by Crippen LogP contribution is 2.39. The van der Waals surface area contributed by atoms with E-state index >= 15 is 0 Å². The van der Waals surface area contributed by atoms with Crippen LogP contribution in [0.5, 0.6) is 0 Å². The lowest BCUT2D eigenvalue weighted by molar-refractivity contribution is -0.284. The molecule has 0 aliphatic carbocycles. The van der Waals surface area contributed by atoms with Gasteiger partial charge in [-0.05, 0) is 37.9 Å². The first-order chi connectivity index (χ1) is 10.4. The molecule has 0 aromatic rings. The SMILES string of the molecule is CCC(C)(SCCCCC(F)(F)C(F)(F)F)C(=O)OCC(C)C. The van der Waals surface area contributed by atoms with Crippen molar-refractivity contribution in [3.05, 3.63) is 0 Å². The van der Waals surface area contributed by atoms with Crippen LogP contribution in [0.4, 0.5) is 22.0 Å². The van der Waals surface area contributed by atoms with Crippen molar-refractivity contribution in [2.75, 3.05) is 12.4 Å². The zero-order chi connectivity index (χ0) is 18.3. The first-order valence-electron chi connectivity index (χ1n) is 7.61. The quantitative estimate of drug-likeness (QED) is 0.293. The zero-order valence-corrected chi connectivity index (χ0v) is 14.8. The Kier molecular flexibility index (Phi) is 8.87. The Morgan fingerprint density at radius 2 is 1.70 bits per heavy atom. The predicted octanol–water partition coefficient (Wildman–Crippen LogP) is 5.46. The Bertz CT molecular complexity index is 371. The number of carbonyl (C=O) groups excluding carboxylic acids is 1. The molecule has 0 rings (SSSR count). The molecular formula is C15H25F5O2S. The van der Waals surface area contributed by atoms with E-state index in [-0.39, 0.29) is 24.7 Å². The molecule has 8 heteroatoms. The maximum absolute atomic E-state index is 12.8. The van der Waals surface area contributed by atoms with Gasteiger partial charge in [0.1, 0.15) is 4.75 Å². The van der Waals surface area contributed by atoms with E-state index in [2.05, 4.69) is 0 Å². The fraction of sp³-hybridized carbons (Fsp3) is 0.933. The minimum Gasteiger partial charge on any atom is -0.464 e. The minimum absolute atomic E-state index is 0.184. The van der Waals surface area contributed by atoms with Gasteiger partial charge in [0.15, 0.2) is 0 Å². The van der Waals surface area contributed by atoms with Crippen LogP contribution in [-0.2, 0) is 9.53 Å². The smallest absolute Gasteiger partial charge is 0.453 e. The summed E-state index contributed by atoms with van der Waals surface area (Å²) < 4.78 is 66.0. The molecule has 0 aliphatic heterocycles. The Hall–Kier alpha value is -0.530. The fourth-order valence-electron chi connectivity index (χ4n) is 1.59. The van der Waals surface area contributed by atoms with Gasteiger partial charge in [-0.25, -0.2) is 0 Å². The molecule has 0 aromatic carbocycles. The van der Waals surface area contributed by atoms with Crippen LogP contribution in [0.1, 0.15) is 53.4 Å². The minimum atomic E-state index is -5.50. The molecule has 0 saturated heterocycles. The van der Waals surface area contributed by atoms with E-state index in [1.807, 2.05) is 13.8 Å². The van der Waals surface area contributed by atoms with Crippen LogP contribution in [-0.4, -0.2) is 35.2 Å². The first kappa shape index (κ1) is 22.5. The van der Waals surface area contributed by atoms with Crippen molar-refractivity contribution in [1.29, 1.82) is 0 Å². The van der Waals surface area contributed by atoms with Crippen molar-refractivity contribution in [2.24, 2.45) is 5.92 Å². The molecule has 0 N–H and O–H groups in total. The third-order valence-corrected chi connectivity index (χ3v) is 4.96. The number of hydrogen-bond donors (Lipinski definition) is 0. The number of thioether (sulfide) groups is 1. The second-order valence-electron chi connectivity index (χ2n) is 6.08. The predicted molar refractivity (Wildman–Crippen MR) is 81.8 cm³/mol. The van der Waals surface area contributed by atoms with Crippen molar-refractivity contribution in [3.63, 3.8) is 0 Å². The van der Waals surface area contributed by atoms with E-state index in [4.69, 9.17) is 4.74 Å². The van der Waals surface area contributed by atoms with Crippen molar-refractivity contribution in [2.45, 2.75) is 70.2 Å². The third-order valence-electron chi connectivity index (χ3n) is 3.37. The summed E-state index contributed by atoms with van der Waals surface area (Å²) in [7, 11) is 0. The molecule has 0 saturated carbocycles. The zero-order valence-electron chi connectivity index (χ0n) is 13.9. The van der Waals surface area contributed by atoms with Gasteiger partial charge in [-0.3, -0.25) is 4.79 Å². The molecule has 1 unspecified atom stereocenters. The fourth-order valence-corrected chi connectivity index (χ4v) is 2.77. The van der Waals surface area contributed by atoms with Gasteiger partial charge in [0.2, 0.25) is 0 Å². The molecule has 0 fully saturated rings. The summed E-state index contributed by atoms with van der Waals surface area (Å²) in [4.78, 5) is 12.0. The van der Waals surface area contributed by atoms with Gasteiger partial charge in [-0.15, -0.1) is 11.8 Å². The molecule has 0 aliphatic rings. The van der Waals surface area contributed by atoms with E-state index in [0.717, 1.165) is 0 Å². The normalized spacial score (nSPS) is 15.6. The van der Waals surface area contributed by atoms with Crippen molar-refractivity contribution in [1.82, 2.24) is 0 Å². The monoisotopic (exact) mass is 364 g/mol. The van der Waals surface area contributed by atoms with Gasteiger partial charge >= 0.3 is 18.1 Å². The van der Waals surface area contributed by atoms with Crippen LogP contribution in [0.25, 0.3) is 0 Å². The Balaban J connectivity index is 4.25. The summed E-state index contributed by atoms with van der Waals surface area (Å²) in [5.41, 5.74) is 0. The van der Waals surface area contributed by atoms with Gasteiger partial charge in [-0.2, -0.15) is 22.0 Å². The van der Waals surface area contributed by atoms with E-state index < -0.39 is 23.3 Å². The lowest BCUT2D eigenvalue weighted by Crippen LogP contribution is -2.36. The molecule has 0 aromatic heterocycles. The molecule has 0 spiro atoms. The molecular weight excluding hydrogens is 339 g/mol. The van der Waals surface area contributed by atoms with Crippen LogP contribution < -0.4 is 0 Å². The van der Waals surface area contributed by atoms with Crippen LogP contribution in [0, 0.1) is 5.92 Å². The second kappa shape index (κ2) is 9.08. The molecule has 0 bridgehead atoms. The maximum Gasteiger partial charge on any atom is 0.453 e. The first-order valence-corrected chi connectivity index (χ1v) is 8.60. The van der Waals surface area contributed by atoms with E-state index in [1.165, 1.54) is 11.8 Å². The highest BCUT2D eigenvalue weighted by Gasteiger charge is 2.56. The van der Waals surface area contributed by atoms with Crippen LogP contribution in [0.15, 0.2) is 0 Å². The van der Waals surface area contributed by atoms with E-state index in [1.54, 1.807) is 13.8 Å². The summed E-state index contributed by atoms with van der Waals surface area (Å²) in [5.74, 6) is -4.49. The summed E-state index contributed by atoms with van der Waals surface area (Å²) in [6.07, 6.45) is -6.30. The molecule has 138 valence electrons. The number of ether oxygens (including phenoxy) is 1. The summed E-state index contributed by atoms with van der Waals surface area (Å²) in [6.45, 7) is 7.62. The van der Waals surface area contributed by atoms with Crippen molar-refractivity contribution >= 4 is 17.7 Å². The average Bonchev–Trinajstić information content (AvgIpc) is 2.42. The molecule has 1 atom stereocenters. The Morgan fingerprint density at radius 3 is 2.13 bits per heavy atom. The van der Waals surface area contributed by atoms with Gasteiger partial charge in [0.25, 0.3) is 0 Å². The number of esters is 1. The third kappa shape index (κ3) is 7.72. The van der Waals surface area contributed by atoms with Gasteiger partial charge in [0, 0.05) is 6.42 Å². The van der Waals surface area contributed by atoms with Crippen LogP contribution >= 0.6 is 11.8 Å². The lowest BCUT2D eigenvalue weighted by Gasteiger charge is -2.26. The molecule has 0 radical (unpaired) electrons. The topological polar surface area (TPSA) is 26.3 Å². The van der Waals surface area contributed by atoms with E-state index in [0.29, 0.717) is 18.8 Å². The Morgan fingerprint density at radius 1 is 1.13 bits per heavy atom. The Labute approximate surface area is 138 Å². The van der Waals surface area contributed by atoms with E-state index in [9.17, 15) is 26.7 Å². The number of alkyl halides is 5. The molecule has 0 amide bonds. The number of unbranched alkanes of at least 4 members (excludes halogenated alkanes) is 1. The van der Waals surface area contributed by atoms with Crippen molar-refractivity contribution in [3.8, 4) is 0 Å². The standard InChI is InChI=1S/C15H25F5O2S/c1-5-13(4,12(21)22-10-11(2)3)23-9-7-6-8-14(16,17)15(18,19)20/h11H,5-10H2,1-4H3. The second-order valence-corrected chi connectivity index (χ2v) is 7.68. The van der Waals surface area contributed by atoms with Gasteiger partial charge < -0.3 is 4.74 Å². The summed E-state index contributed by atoms with van der Waals surface area (Å²) >= 11 is 1.24. The molecule has 0 heterocycles. The number of carbonyl (C=O) groups is 1. The molecule has 23 heavy (non-hydrogen) atoms. The van der Waals surface area contributed by atoms with Gasteiger partial charge in [-0.1, -0.05) is 20.8 Å². The highest BCUT2D eigenvalue weighted by molar-refractivity contribution is 8.01. The lowest BCUT2D eigenvalue weighted by atomic mass is 10.1.